The van der Waals surface area contributed by atoms with E-state index in [1.165, 1.54) is 0 Å². The first kappa shape index (κ1) is 15.1. The molecule has 2 rings (SSSR count). The first-order valence-electron chi connectivity index (χ1n) is 7.23. The molecule has 1 unspecified atom stereocenters. The van der Waals surface area contributed by atoms with E-state index in [1.54, 1.807) is 0 Å². The SMILES string of the molecule is N#CC(CNCCCOc1ccccc1)c1ccccc1. The van der Waals surface area contributed by atoms with Crippen LogP contribution in [0.25, 0.3) is 0 Å². The average Bonchev–Trinajstić information content (AvgIpc) is 2.56. The van der Waals surface area contributed by atoms with Crippen molar-refractivity contribution >= 4 is 0 Å². The summed E-state index contributed by atoms with van der Waals surface area (Å²) in [5, 5.41) is 12.5. The van der Waals surface area contributed by atoms with E-state index in [9.17, 15) is 5.26 Å². The largest absolute Gasteiger partial charge is 0.494 e. The minimum Gasteiger partial charge on any atom is -0.494 e. The normalized spacial score (nSPS) is 11.6. The Labute approximate surface area is 126 Å². The van der Waals surface area contributed by atoms with Gasteiger partial charge in [0.2, 0.25) is 0 Å². The molecule has 0 aliphatic heterocycles. The quantitative estimate of drug-likeness (QED) is 0.754. The molecule has 0 saturated heterocycles. The Hall–Kier alpha value is -2.31. The predicted octanol–water partition coefficient (Wildman–Crippen LogP) is 3.35. The van der Waals surface area contributed by atoms with E-state index < -0.39 is 0 Å². The molecular weight excluding hydrogens is 260 g/mol. The van der Waals surface area contributed by atoms with Crippen molar-refractivity contribution in [3.05, 3.63) is 66.2 Å². The number of para-hydroxylation sites is 1. The lowest BCUT2D eigenvalue weighted by molar-refractivity contribution is 0.308. The molecule has 3 heteroatoms. The number of benzene rings is 2. The fourth-order valence-electron chi connectivity index (χ4n) is 2.07. The van der Waals surface area contributed by atoms with Crippen molar-refractivity contribution in [2.45, 2.75) is 12.3 Å². The lowest BCUT2D eigenvalue weighted by Gasteiger charge is -2.11. The van der Waals surface area contributed by atoms with E-state index in [0.717, 1.165) is 24.3 Å². The molecule has 0 amide bonds. The molecule has 1 atom stereocenters. The molecule has 108 valence electrons. The summed E-state index contributed by atoms with van der Waals surface area (Å²) in [5.74, 6) is 0.804. The molecule has 0 bridgehead atoms. The zero-order chi connectivity index (χ0) is 14.8. The molecule has 0 radical (unpaired) electrons. The maximum Gasteiger partial charge on any atom is 0.119 e. The van der Waals surface area contributed by atoms with Crippen molar-refractivity contribution in [2.24, 2.45) is 0 Å². The van der Waals surface area contributed by atoms with Crippen molar-refractivity contribution in [1.82, 2.24) is 5.32 Å². The van der Waals surface area contributed by atoms with E-state index in [-0.39, 0.29) is 5.92 Å². The van der Waals surface area contributed by atoms with Gasteiger partial charge in [-0.15, -0.1) is 0 Å². The molecule has 0 heterocycles. The molecule has 0 aliphatic carbocycles. The topological polar surface area (TPSA) is 45.0 Å². The van der Waals surface area contributed by atoms with Gasteiger partial charge in [0.25, 0.3) is 0 Å². The molecule has 0 spiro atoms. The van der Waals surface area contributed by atoms with E-state index >= 15 is 0 Å². The van der Waals surface area contributed by atoms with Gasteiger partial charge in [0.1, 0.15) is 5.75 Å². The smallest absolute Gasteiger partial charge is 0.119 e. The summed E-state index contributed by atoms with van der Waals surface area (Å²) in [6, 6.07) is 22.0. The Balaban J connectivity index is 1.62. The summed E-state index contributed by atoms with van der Waals surface area (Å²) in [6.07, 6.45) is 0.918. The van der Waals surface area contributed by atoms with Gasteiger partial charge >= 0.3 is 0 Å². The zero-order valence-corrected chi connectivity index (χ0v) is 12.0. The van der Waals surface area contributed by atoms with Gasteiger partial charge in [-0.3, -0.25) is 0 Å². The van der Waals surface area contributed by atoms with Crippen LogP contribution < -0.4 is 10.1 Å². The molecule has 0 aliphatic rings. The van der Waals surface area contributed by atoms with E-state index in [0.29, 0.717) is 13.2 Å². The van der Waals surface area contributed by atoms with Gasteiger partial charge in [0.05, 0.1) is 18.6 Å². The number of ether oxygens (including phenoxy) is 1. The molecule has 0 saturated carbocycles. The van der Waals surface area contributed by atoms with Crippen LogP contribution in [0.1, 0.15) is 17.9 Å². The second-order valence-electron chi connectivity index (χ2n) is 4.81. The van der Waals surface area contributed by atoms with Crippen LogP contribution in [0.15, 0.2) is 60.7 Å². The summed E-state index contributed by atoms with van der Waals surface area (Å²) < 4.78 is 5.62. The van der Waals surface area contributed by atoms with Gasteiger partial charge in [-0.25, -0.2) is 0 Å². The number of hydrogen-bond donors (Lipinski definition) is 1. The summed E-state index contributed by atoms with van der Waals surface area (Å²) >= 11 is 0. The van der Waals surface area contributed by atoms with Gasteiger partial charge in [-0.05, 0) is 30.7 Å². The summed E-state index contributed by atoms with van der Waals surface area (Å²) in [7, 11) is 0. The van der Waals surface area contributed by atoms with Crippen molar-refractivity contribution in [3.63, 3.8) is 0 Å². The fourth-order valence-corrected chi connectivity index (χ4v) is 2.07. The Morgan fingerprint density at radius 1 is 1.00 bits per heavy atom. The van der Waals surface area contributed by atoms with Gasteiger partial charge < -0.3 is 10.1 Å². The van der Waals surface area contributed by atoms with E-state index in [2.05, 4.69) is 11.4 Å². The molecule has 3 nitrogen and oxygen atoms in total. The van der Waals surface area contributed by atoms with Crippen LogP contribution in [0.4, 0.5) is 0 Å². The summed E-state index contributed by atoms with van der Waals surface area (Å²) in [4.78, 5) is 0. The van der Waals surface area contributed by atoms with Crippen molar-refractivity contribution in [1.29, 1.82) is 5.26 Å². The highest BCUT2D eigenvalue weighted by molar-refractivity contribution is 5.25. The maximum absolute atomic E-state index is 9.22. The molecule has 2 aromatic carbocycles. The van der Waals surface area contributed by atoms with Crippen LogP contribution >= 0.6 is 0 Å². The lowest BCUT2D eigenvalue weighted by Crippen LogP contribution is -2.23. The number of hydrogen-bond acceptors (Lipinski definition) is 3. The Kier molecular flexibility index (Phi) is 6.31. The minimum absolute atomic E-state index is 0.0961. The maximum atomic E-state index is 9.22. The van der Waals surface area contributed by atoms with Crippen molar-refractivity contribution in [3.8, 4) is 11.8 Å². The zero-order valence-electron chi connectivity index (χ0n) is 12.0. The van der Waals surface area contributed by atoms with Crippen LogP contribution in [-0.4, -0.2) is 19.7 Å². The van der Waals surface area contributed by atoms with Gasteiger partial charge in [0, 0.05) is 6.54 Å². The third-order valence-electron chi connectivity index (χ3n) is 3.22. The van der Waals surface area contributed by atoms with Crippen LogP contribution in [0, 0.1) is 11.3 Å². The van der Waals surface area contributed by atoms with Crippen molar-refractivity contribution in [2.75, 3.05) is 19.7 Å². The van der Waals surface area contributed by atoms with Gasteiger partial charge in [-0.1, -0.05) is 48.5 Å². The Morgan fingerprint density at radius 2 is 1.67 bits per heavy atom. The van der Waals surface area contributed by atoms with Gasteiger partial charge in [0.15, 0.2) is 0 Å². The summed E-state index contributed by atoms with van der Waals surface area (Å²) in [6.45, 7) is 2.20. The van der Waals surface area contributed by atoms with Crippen LogP contribution in [0.2, 0.25) is 0 Å². The van der Waals surface area contributed by atoms with Crippen LogP contribution in [0.3, 0.4) is 0 Å². The average molecular weight is 280 g/mol. The first-order chi connectivity index (χ1) is 10.4. The van der Waals surface area contributed by atoms with Crippen molar-refractivity contribution < 1.29 is 4.74 Å². The highest BCUT2D eigenvalue weighted by atomic mass is 16.5. The standard InChI is InChI=1S/C18H20N2O/c19-14-17(16-8-3-1-4-9-16)15-20-12-7-13-21-18-10-5-2-6-11-18/h1-6,8-11,17,20H,7,12-13,15H2. The van der Waals surface area contributed by atoms with E-state index in [1.807, 2.05) is 60.7 Å². The third-order valence-corrected chi connectivity index (χ3v) is 3.22. The monoisotopic (exact) mass is 280 g/mol. The lowest BCUT2D eigenvalue weighted by atomic mass is 10.0. The van der Waals surface area contributed by atoms with Crippen LogP contribution in [-0.2, 0) is 0 Å². The molecule has 21 heavy (non-hydrogen) atoms. The number of rotatable bonds is 8. The second kappa shape index (κ2) is 8.78. The predicted molar refractivity (Wildman–Crippen MR) is 84.2 cm³/mol. The molecule has 2 aromatic rings. The second-order valence-corrected chi connectivity index (χ2v) is 4.81. The number of nitrogens with one attached hydrogen (secondary N) is 1. The minimum atomic E-state index is -0.0961. The Bertz CT molecular complexity index is 548. The fraction of sp³-hybridized carbons (Fsp3) is 0.278. The molecule has 0 fully saturated rings. The first-order valence-corrected chi connectivity index (χ1v) is 7.23. The molecule has 0 aromatic heterocycles. The number of nitriles is 1. The van der Waals surface area contributed by atoms with Crippen LogP contribution in [0.5, 0.6) is 5.75 Å². The molecule has 1 N–H and O–H groups in total. The highest BCUT2D eigenvalue weighted by Crippen LogP contribution is 2.13. The Morgan fingerprint density at radius 3 is 2.33 bits per heavy atom. The third kappa shape index (κ3) is 5.29. The van der Waals surface area contributed by atoms with E-state index in [4.69, 9.17) is 4.74 Å². The summed E-state index contributed by atoms with van der Waals surface area (Å²) in [5.41, 5.74) is 1.06. The molecular formula is C18H20N2O. The number of nitrogens with zero attached hydrogens (tertiary/aromatic N) is 1. The van der Waals surface area contributed by atoms with Gasteiger partial charge in [-0.2, -0.15) is 5.26 Å². The highest BCUT2D eigenvalue weighted by Gasteiger charge is 2.08.